The molecule has 1 saturated heterocycles. The van der Waals surface area contributed by atoms with Gasteiger partial charge in [0.05, 0.1) is 6.54 Å². The highest BCUT2D eigenvalue weighted by Crippen LogP contribution is 2.18. The first kappa shape index (κ1) is 14.9. The molecule has 0 radical (unpaired) electrons. The van der Waals surface area contributed by atoms with Crippen molar-refractivity contribution in [1.82, 2.24) is 0 Å². The van der Waals surface area contributed by atoms with E-state index in [2.05, 4.69) is 45.0 Å². The summed E-state index contributed by atoms with van der Waals surface area (Å²) >= 11 is 1.97. The summed E-state index contributed by atoms with van der Waals surface area (Å²) in [5, 5.41) is 0. The fourth-order valence-corrected chi connectivity index (χ4v) is 3.59. The molecule has 0 bridgehead atoms. The monoisotopic (exact) mass is 280 g/mol. The second kappa shape index (κ2) is 7.32. The van der Waals surface area contributed by atoms with Gasteiger partial charge in [-0.25, -0.2) is 0 Å². The van der Waals surface area contributed by atoms with E-state index in [9.17, 15) is 0 Å². The third-order valence-corrected chi connectivity index (χ3v) is 4.68. The average Bonchev–Trinajstić information content (AvgIpc) is 2.36. The number of hydrogen-bond acceptors (Lipinski definition) is 2. The van der Waals surface area contributed by atoms with Crippen LogP contribution in [-0.4, -0.2) is 37.6 Å². The standard InChI is InChI=1S/C16H25NOS/c1-13-5-7-16(8-6-13)19-10-4-9-17-11-14(2)18-15(3)12-17/h5-8,14-15H,4,9-12H2,1-3H3/p+1/t14-,15-/m0/s1. The average molecular weight is 280 g/mol. The first-order valence-electron chi connectivity index (χ1n) is 7.32. The number of thioether (sulfide) groups is 1. The topological polar surface area (TPSA) is 13.7 Å². The number of quaternary nitrogens is 1. The van der Waals surface area contributed by atoms with Crippen molar-refractivity contribution >= 4 is 11.8 Å². The van der Waals surface area contributed by atoms with Gasteiger partial charge in [0.25, 0.3) is 0 Å². The number of aryl methyl sites for hydroxylation is 1. The van der Waals surface area contributed by atoms with E-state index in [1.807, 2.05) is 11.8 Å². The number of benzene rings is 1. The summed E-state index contributed by atoms with van der Waals surface area (Å²) in [4.78, 5) is 3.10. The summed E-state index contributed by atoms with van der Waals surface area (Å²) in [5.41, 5.74) is 1.34. The molecule has 1 aliphatic rings. The van der Waals surface area contributed by atoms with Crippen LogP contribution in [0, 0.1) is 6.92 Å². The molecular weight excluding hydrogens is 254 g/mol. The van der Waals surface area contributed by atoms with Crippen LogP contribution in [0.3, 0.4) is 0 Å². The summed E-state index contributed by atoms with van der Waals surface area (Å²) in [7, 11) is 0. The van der Waals surface area contributed by atoms with Crippen molar-refractivity contribution in [2.45, 2.75) is 44.3 Å². The Morgan fingerprint density at radius 2 is 1.79 bits per heavy atom. The summed E-state index contributed by atoms with van der Waals surface area (Å²) in [6.45, 7) is 10.1. The Balaban J connectivity index is 1.65. The molecule has 2 rings (SSSR count). The molecule has 2 nitrogen and oxygen atoms in total. The van der Waals surface area contributed by atoms with Gasteiger partial charge in [0.1, 0.15) is 25.3 Å². The van der Waals surface area contributed by atoms with Crippen LogP contribution in [0.4, 0.5) is 0 Å². The molecule has 2 atom stereocenters. The van der Waals surface area contributed by atoms with Crippen LogP contribution in [0.2, 0.25) is 0 Å². The predicted molar refractivity (Wildman–Crippen MR) is 82.1 cm³/mol. The summed E-state index contributed by atoms with van der Waals surface area (Å²) < 4.78 is 5.78. The molecule has 0 spiro atoms. The molecule has 0 amide bonds. The van der Waals surface area contributed by atoms with Gasteiger partial charge < -0.3 is 9.64 Å². The van der Waals surface area contributed by atoms with E-state index in [-0.39, 0.29) is 0 Å². The minimum absolute atomic E-state index is 0.420. The minimum atomic E-state index is 0.420. The maximum Gasteiger partial charge on any atom is 0.104 e. The largest absolute Gasteiger partial charge is 0.364 e. The van der Waals surface area contributed by atoms with Crippen molar-refractivity contribution in [3.05, 3.63) is 29.8 Å². The maximum atomic E-state index is 5.78. The molecular formula is C16H26NOS+. The highest BCUT2D eigenvalue weighted by molar-refractivity contribution is 7.99. The Morgan fingerprint density at radius 1 is 1.16 bits per heavy atom. The fraction of sp³-hybridized carbons (Fsp3) is 0.625. The summed E-state index contributed by atoms with van der Waals surface area (Å²) in [5.74, 6) is 1.22. The molecule has 0 unspecified atom stereocenters. The minimum Gasteiger partial charge on any atom is -0.364 e. The quantitative estimate of drug-likeness (QED) is 0.656. The van der Waals surface area contributed by atoms with Crippen LogP contribution >= 0.6 is 11.8 Å². The van der Waals surface area contributed by atoms with Crippen molar-refractivity contribution in [2.75, 3.05) is 25.4 Å². The molecule has 1 N–H and O–H groups in total. The second-order valence-electron chi connectivity index (χ2n) is 5.68. The van der Waals surface area contributed by atoms with Crippen molar-refractivity contribution in [3.8, 4) is 0 Å². The van der Waals surface area contributed by atoms with Crippen LogP contribution in [-0.2, 0) is 4.74 Å². The Morgan fingerprint density at radius 3 is 2.42 bits per heavy atom. The second-order valence-corrected chi connectivity index (χ2v) is 6.85. The Hall–Kier alpha value is -0.510. The van der Waals surface area contributed by atoms with E-state index in [0.717, 1.165) is 0 Å². The third-order valence-electron chi connectivity index (χ3n) is 3.58. The molecule has 3 heteroatoms. The lowest BCUT2D eigenvalue weighted by Gasteiger charge is -2.32. The number of rotatable bonds is 5. The normalized spacial score (nSPS) is 27.4. The Bertz CT molecular complexity index is 369. The van der Waals surface area contributed by atoms with Gasteiger partial charge in [0.2, 0.25) is 0 Å². The van der Waals surface area contributed by atoms with Gasteiger partial charge >= 0.3 is 0 Å². The van der Waals surface area contributed by atoms with Gasteiger partial charge in [-0.05, 0) is 32.9 Å². The Labute approximate surface area is 121 Å². The highest BCUT2D eigenvalue weighted by Gasteiger charge is 2.24. The van der Waals surface area contributed by atoms with Crippen molar-refractivity contribution in [1.29, 1.82) is 0 Å². The number of nitrogens with one attached hydrogen (secondary N) is 1. The predicted octanol–water partition coefficient (Wildman–Crippen LogP) is 2.17. The fourth-order valence-electron chi connectivity index (χ4n) is 2.74. The third kappa shape index (κ3) is 5.17. The van der Waals surface area contributed by atoms with Crippen molar-refractivity contribution in [3.63, 3.8) is 0 Å². The van der Waals surface area contributed by atoms with Gasteiger partial charge in [-0.1, -0.05) is 17.7 Å². The lowest BCUT2D eigenvalue weighted by Crippen LogP contribution is -3.15. The number of ether oxygens (including phenoxy) is 1. The van der Waals surface area contributed by atoms with E-state index >= 15 is 0 Å². The van der Waals surface area contributed by atoms with E-state index in [4.69, 9.17) is 4.74 Å². The highest BCUT2D eigenvalue weighted by atomic mass is 32.2. The van der Waals surface area contributed by atoms with Crippen LogP contribution < -0.4 is 4.90 Å². The summed E-state index contributed by atoms with van der Waals surface area (Å²) in [6, 6.07) is 8.84. The van der Waals surface area contributed by atoms with Gasteiger partial charge in [-0.2, -0.15) is 0 Å². The first-order chi connectivity index (χ1) is 9.13. The van der Waals surface area contributed by atoms with Crippen molar-refractivity contribution in [2.24, 2.45) is 0 Å². The molecule has 0 aliphatic carbocycles. The molecule has 1 fully saturated rings. The lowest BCUT2D eigenvalue weighted by atomic mass is 10.2. The molecule has 0 aromatic heterocycles. The molecule has 1 aliphatic heterocycles. The van der Waals surface area contributed by atoms with Crippen LogP contribution in [0.5, 0.6) is 0 Å². The summed E-state index contributed by atoms with van der Waals surface area (Å²) in [6.07, 6.45) is 2.12. The molecule has 1 heterocycles. The van der Waals surface area contributed by atoms with Crippen LogP contribution in [0.15, 0.2) is 29.2 Å². The SMILES string of the molecule is Cc1ccc(SCCC[NH+]2C[C@H](C)O[C@@H](C)C2)cc1. The van der Waals surface area contributed by atoms with Gasteiger partial charge in [-0.15, -0.1) is 11.8 Å². The van der Waals surface area contributed by atoms with Gasteiger partial charge in [0.15, 0.2) is 0 Å². The van der Waals surface area contributed by atoms with E-state index in [1.54, 1.807) is 4.90 Å². The smallest absolute Gasteiger partial charge is 0.104 e. The van der Waals surface area contributed by atoms with Crippen LogP contribution in [0.1, 0.15) is 25.8 Å². The molecule has 1 aromatic rings. The zero-order chi connectivity index (χ0) is 13.7. The first-order valence-corrected chi connectivity index (χ1v) is 8.30. The Kier molecular flexibility index (Phi) is 5.74. The number of hydrogen-bond donors (Lipinski definition) is 1. The van der Waals surface area contributed by atoms with E-state index in [0.29, 0.717) is 12.2 Å². The zero-order valence-electron chi connectivity index (χ0n) is 12.3. The van der Waals surface area contributed by atoms with Crippen LogP contribution in [0.25, 0.3) is 0 Å². The maximum absolute atomic E-state index is 5.78. The zero-order valence-corrected chi connectivity index (χ0v) is 13.1. The van der Waals surface area contributed by atoms with E-state index in [1.165, 1.54) is 42.3 Å². The molecule has 106 valence electrons. The van der Waals surface area contributed by atoms with Gasteiger partial charge in [0, 0.05) is 17.1 Å². The lowest BCUT2D eigenvalue weighted by molar-refractivity contribution is -0.915. The molecule has 0 saturated carbocycles. The molecule has 19 heavy (non-hydrogen) atoms. The molecule has 1 aromatic carbocycles. The van der Waals surface area contributed by atoms with Gasteiger partial charge in [-0.3, -0.25) is 0 Å². The van der Waals surface area contributed by atoms with E-state index < -0.39 is 0 Å². The number of morpholine rings is 1. The van der Waals surface area contributed by atoms with Crippen molar-refractivity contribution < 1.29 is 9.64 Å².